The first kappa shape index (κ1) is 21.4. The zero-order chi connectivity index (χ0) is 22.4. The van der Waals surface area contributed by atoms with Crippen molar-refractivity contribution >= 4 is 22.8 Å². The van der Waals surface area contributed by atoms with Crippen LogP contribution in [0.2, 0.25) is 0 Å². The Morgan fingerprint density at radius 1 is 1.13 bits per heavy atom. The molecular weight excluding hydrogens is 399 g/mol. The maximum atomic E-state index is 14.8. The third kappa shape index (κ3) is 3.90. The molecule has 0 fully saturated rings. The molecule has 0 amide bonds. The first-order valence-electron chi connectivity index (χ1n) is 9.13. The molecule has 0 saturated heterocycles. The summed E-state index contributed by atoms with van der Waals surface area (Å²) in [5.41, 5.74) is -0.820. The quantitative estimate of drug-likeness (QED) is 0.628. The summed E-state index contributed by atoms with van der Waals surface area (Å²) in [6, 6.07) is 5.64. The molecule has 0 aliphatic carbocycles. The number of benzene rings is 2. The third-order valence-electron chi connectivity index (χ3n) is 4.50. The molecule has 8 heteroatoms. The number of nitrogens with zero attached hydrogens (tertiary/aromatic N) is 1. The molecule has 0 spiro atoms. The Morgan fingerprint density at radius 3 is 2.40 bits per heavy atom. The molecule has 158 valence electrons. The van der Waals surface area contributed by atoms with E-state index in [0.717, 1.165) is 22.8 Å². The average Bonchev–Trinajstić information content (AvgIpc) is 2.89. The number of fused-ring (bicyclic) bond motifs is 1. The van der Waals surface area contributed by atoms with E-state index in [2.05, 4.69) is 0 Å². The van der Waals surface area contributed by atoms with Crippen molar-refractivity contribution in [2.45, 2.75) is 39.7 Å². The van der Waals surface area contributed by atoms with Gasteiger partial charge in [-0.25, -0.2) is 13.2 Å². The van der Waals surface area contributed by atoms with E-state index < -0.39 is 47.1 Å². The van der Waals surface area contributed by atoms with Crippen molar-refractivity contribution in [3.63, 3.8) is 0 Å². The van der Waals surface area contributed by atoms with Crippen LogP contribution in [-0.2, 0) is 16.0 Å². The van der Waals surface area contributed by atoms with E-state index >= 15 is 0 Å². The predicted molar refractivity (Wildman–Crippen MR) is 104 cm³/mol. The van der Waals surface area contributed by atoms with Gasteiger partial charge in [-0.15, -0.1) is 0 Å². The van der Waals surface area contributed by atoms with Gasteiger partial charge < -0.3 is 9.84 Å². The van der Waals surface area contributed by atoms with Crippen LogP contribution in [0.5, 0.6) is 5.75 Å². The van der Waals surface area contributed by atoms with Gasteiger partial charge in [0.15, 0.2) is 17.4 Å². The SMILES string of the molecule is Cc1c(CC(=O)OC(C)(C)C)c2c(F)c(O)c(F)cc2n1C(=O)c1cccc(F)c1. The number of carbonyl (C=O) groups is 2. The van der Waals surface area contributed by atoms with Gasteiger partial charge in [-0.3, -0.25) is 14.2 Å². The molecule has 1 heterocycles. The average molecular weight is 419 g/mol. The molecule has 0 bridgehead atoms. The van der Waals surface area contributed by atoms with E-state index in [0.29, 0.717) is 0 Å². The number of ether oxygens (including phenoxy) is 1. The summed E-state index contributed by atoms with van der Waals surface area (Å²) in [4.78, 5) is 25.4. The fourth-order valence-corrected chi connectivity index (χ4v) is 3.31. The smallest absolute Gasteiger partial charge is 0.310 e. The number of rotatable bonds is 3. The normalized spacial score (nSPS) is 11.7. The van der Waals surface area contributed by atoms with Crippen molar-refractivity contribution in [1.29, 1.82) is 0 Å². The highest BCUT2D eigenvalue weighted by atomic mass is 19.1. The molecule has 0 unspecified atom stereocenters. The van der Waals surface area contributed by atoms with Crippen molar-refractivity contribution in [2.75, 3.05) is 0 Å². The molecule has 5 nitrogen and oxygen atoms in total. The van der Waals surface area contributed by atoms with Crippen LogP contribution in [0.25, 0.3) is 10.9 Å². The van der Waals surface area contributed by atoms with Crippen LogP contribution in [0.1, 0.15) is 42.4 Å². The summed E-state index contributed by atoms with van der Waals surface area (Å²) < 4.78 is 48.7. The van der Waals surface area contributed by atoms with Crippen LogP contribution in [0.15, 0.2) is 30.3 Å². The van der Waals surface area contributed by atoms with Crippen LogP contribution < -0.4 is 0 Å². The number of aromatic hydroxyl groups is 1. The van der Waals surface area contributed by atoms with Crippen LogP contribution >= 0.6 is 0 Å². The molecule has 30 heavy (non-hydrogen) atoms. The molecule has 0 aliphatic heterocycles. The second kappa shape index (κ2) is 7.51. The topological polar surface area (TPSA) is 68.5 Å². The number of hydrogen-bond donors (Lipinski definition) is 1. The Labute approximate surface area is 170 Å². The molecule has 0 aliphatic rings. The first-order valence-corrected chi connectivity index (χ1v) is 9.13. The highest BCUT2D eigenvalue weighted by molar-refractivity contribution is 6.05. The lowest BCUT2D eigenvalue weighted by molar-refractivity contribution is -0.153. The number of phenols is 1. The minimum Gasteiger partial charge on any atom is -0.503 e. The van der Waals surface area contributed by atoms with Crippen molar-refractivity contribution in [3.05, 3.63) is 64.6 Å². The Morgan fingerprint density at radius 2 is 1.80 bits per heavy atom. The van der Waals surface area contributed by atoms with Gasteiger partial charge in [0.05, 0.1) is 11.9 Å². The highest BCUT2D eigenvalue weighted by Crippen LogP contribution is 2.35. The van der Waals surface area contributed by atoms with E-state index in [1.807, 2.05) is 0 Å². The molecule has 2 aromatic carbocycles. The van der Waals surface area contributed by atoms with Gasteiger partial charge in [0.2, 0.25) is 0 Å². The van der Waals surface area contributed by atoms with Crippen molar-refractivity contribution in [1.82, 2.24) is 4.57 Å². The fraction of sp³-hybridized carbons (Fsp3) is 0.273. The number of esters is 1. The summed E-state index contributed by atoms with van der Waals surface area (Å²) >= 11 is 0. The van der Waals surface area contributed by atoms with Gasteiger partial charge in [-0.2, -0.15) is 0 Å². The maximum absolute atomic E-state index is 14.8. The van der Waals surface area contributed by atoms with E-state index in [1.165, 1.54) is 19.1 Å². The molecule has 3 rings (SSSR count). The number of phenolic OH excluding ortho intramolecular Hbond substituents is 1. The minimum absolute atomic E-state index is 0.0484. The summed E-state index contributed by atoms with van der Waals surface area (Å²) in [6.07, 6.45) is -0.412. The van der Waals surface area contributed by atoms with Crippen LogP contribution in [0, 0.1) is 24.4 Å². The van der Waals surface area contributed by atoms with E-state index in [9.17, 15) is 27.9 Å². The van der Waals surface area contributed by atoms with Gasteiger partial charge in [0, 0.05) is 22.7 Å². The van der Waals surface area contributed by atoms with Gasteiger partial charge in [0.1, 0.15) is 11.4 Å². The van der Waals surface area contributed by atoms with Gasteiger partial charge in [-0.05, 0) is 51.5 Å². The van der Waals surface area contributed by atoms with Crippen molar-refractivity contribution in [3.8, 4) is 5.75 Å². The predicted octanol–water partition coefficient (Wildman–Crippen LogP) is 4.65. The summed E-state index contributed by atoms with van der Waals surface area (Å²) in [6.45, 7) is 6.44. The molecular formula is C22H20F3NO4. The Balaban J connectivity index is 2.24. The number of aromatic nitrogens is 1. The molecule has 1 aromatic heterocycles. The zero-order valence-electron chi connectivity index (χ0n) is 16.8. The molecule has 0 radical (unpaired) electrons. The van der Waals surface area contributed by atoms with Crippen molar-refractivity contribution in [2.24, 2.45) is 0 Å². The lowest BCUT2D eigenvalue weighted by Gasteiger charge is -2.19. The standard InChI is InChI=1S/C22H20F3NO4/c1-11-14(9-17(27)30-22(2,3)4)18-16(10-15(24)20(28)19(18)25)26(11)21(29)12-6-5-7-13(23)8-12/h5-8,10,28H,9H2,1-4H3. The Kier molecular flexibility index (Phi) is 5.36. The Hall–Kier alpha value is -3.29. The monoisotopic (exact) mass is 419 g/mol. The second-order valence-corrected chi connectivity index (χ2v) is 7.89. The first-order chi connectivity index (χ1) is 13.9. The van der Waals surface area contributed by atoms with Gasteiger partial charge in [0.25, 0.3) is 5.91 Å². The van der Waals surface area contributed by atoms with Gasteiger partial charge in [-0.1, -0.05) is 6.07 Å². The van der Waals surface area contributed by atoms with Gasteiger partial charge >= 0.3 is 5.97 Å². The Bertz CT molecular complexity index is 1180. The van der Waals surface area contributed by atoms with Crippen LogP contribution in [-0.4, -0.2) is 27.2 Å². The number of carbonyl (C=O) groups excluding carboxylic acids is 2. The molecule has 3 aromatic rings. The lowest BCUT2D eigenvalue weighted by Crippen LogP contribution is -2.25. The fourth-order valence-electron chi connectivity index (χ4n) is 3.31. The van der Waals surface area contributed by atoms with E-state index in [4.69, 9.17) is 4.74 Å². The summed E-state index contributed by atoms with van der Waals surface area (Å²) in [7, 11) is 0. The second-order valence-electron chi connectivity index (χ2n) is 7.89. The maximum Gasteiger partial charge on any atom is 0.310 e. The molecule has 0 saturated carbocycles. The van der Waals surface area contributed by atoms with Crippen LogP contribution in [0.3, 0.4) is 0 Å². The molecule has 0 atom stereocenters. The largest absolute Gasteiger partial charge is 0.503 e. The van der Waals surface area contributed by atoms with Crippen LogP contribution in [0.4, 0.5) is 13.2 Å². The van der Waals surface area contributed by atoms with Crippen molar-refractivity contribution < 1.29 is 32.6 Å². The van der Waals surface area contributed by atoms with E-state index in [-0.39, 0.29) is 27.7 Å². The van der Waals surface area contributed by atoms with E-state index in [1.54, 1.807) is 20.8 Å². The minimum atomic E-state index is -1.29. The lowest BCUT2D eigenvalue weighted by atomic mass is 10.1. The number of halogens is 3. The highest BCUT2D eigenvalue weighted by Gasteiger charge is 2.28. The zero-order valence-corrected chi connectivity index (χ0v) is 16.8. The number of hydrogen-bond acceptors (Lipinski definition) is 4. The molecule has 1 N–H and O–H groups in total. The summed E-state index contributed by atoms with van der Waals surface area (Å²) in [5, 5.41) is 9.46. The summed E-state index contributed by atoms with van der Waals surface area (Å²) in [5.74, 6) is -5.86. The third-order valence-corrected chi connectivity index (χ3v) is 4.50.